The summed E-state index contributed by atoms with van der Waals surface area (Å²) >= 11 is 5.89. The molecule has 6 nitrogen and oxygen atoms in total. The van der Waals surface area contributed by atoms with Crippen molar-refractivity contribution in [1.29, 1.82) is 0 Å². The Morgan fingerprint density at radius 3 is 2.39 bits per heavy atom. The standard InChI is InChI=1S/C18H17ClF3N3O3/c1-3-28-16(27)17(18(20,21)22,24-14-10-6-7-11(2)23-14)25-15(26)12-8-4-5-9-13(12)19/h4-10H,3H2,1-2H3,(H,23,24)(H,25,26). The van der Waals surface area contributed by atoms with Crippen molar-refractivity contribution in [3.05, 3.63) is 58.7 Å². The molecule has 0 fully saturated rings. The molecule has 1 amide bonds. The molecule has 0 radical (unpaired) electrons. The highest BCUT2D eigenvalue weighted by Gasteiger charge is 2.64. The summed E-state index contributed by atoms with van der Waals surface area (Å²) in [6.45, 7) is 2.58. The molecule has 1 heterocycles. The largest absolute Gasteiger partial charge is 0.463 e. The van der Waals surface area contributed by atoms with Gasteiger partial charge in [-0.15, -0.1) is 0 Å². The zero-order valence-corrected chi connectivity index (χ0v) is 15.7. The van der Waals surface area contributed by atoms with E-state index in [1.54, 1.807) is 18.3 Å². The van der Waals surface area contributed by atoms with Crippen LogP contribution in [-0.2, 0) is 9.53 Å². The molecule has 0 aliphatic rings. The Morgan fingerprint density at radius 2 is 1.82 bits per heavy atom. The summed E-state index contributed by atoms with van der Waals surface area (Å²) in [5.74, 6) is -3.22. The maximum atomic E-state index is 14.1. The predicted molar refractivity (Wildman–Crippen MR) is 96.9 cm³/mol. The molecule has 0 aliphatic carbocycles. The van der Waals surface area contributed by atoms with Crippen molar-refractivity contribution in [2.45, 2.75) is 25.7 Å². The number of nitrogens with zero attached hydrogens (tertiary/aromatic N) is 1. The second-order valence-corrected chi connectivity index (χ2v) is 6.10. The number of halogens is 4. The minimum absolute atomic E-state index is 0.0754. The van der Waals surface area contributed by atoms with Gasteiger partial charge in [0.2, 0.25) is 0 Å². The van der Waals surface area contributed by atoms with Gasteiger partial charge in [0.15, 0.2) is 0 Å². The SMILES string of the molecule is CCOC(=O)C(NC(=O)c1ccccc1Cl)(Nc1cccc(C)n1)C(F)(F)F. The molecule has 0 spiro atoms. The van der Waals surface area contributed by atoms with E-state index in [0.717, 1.165) is 0 Å². The first-order valence-electron chi connectivity index (χ1n) is 8.13. The molecule has 2 aromatic rings. The lowest BCUT2D eigenvalue weighted by atomic mass is 10.1. The maximum absolute atomic E-state index is 14.1. The normalized spacial score (nSPS) is 13.4. The van der Waals surface area contributed by atoms with Crippen LogP contribution in [-0.4, -0.2) is 35.3 Å². The Bertz CT molecular complexity index is 876. The van der Waals surface area contributed by atoms with Gasteiger partial charge in [-0.3, -0.25) is 4.79 Å². The third-order valence-corrected chi connectivity index (χ3v) is 3.96. The third-order valence-electron chi connectivity index (χ3n) is 3.63. The zero-order valence-electron chi connectivity index (χ0n) is 14.9. The second-order valence-electron chi connectivity index (χ2n) is 5.69. The van der Waals surface area contributed by atoms with Crippen molar-refractivity contribution in [3.63, 3.8) is 0 Å². The molecule has 0 saturated carbocycles. The van der Waals surface area contributed by atoms with Crippen LogP contribution in [0.1, 0.15) is 23.0 Å². The average molecular weight is 416 g/mol. The lowest BCUT2D eigenvalue weighted by Crippen LogP contribution is -2.69. The highest BCUT2D eigenvalue weighted by atomic mass is 35.5. The topological polar surface area (TPSA) is 80.3 Å². The van der Waals surface area contributed by atoms with Crippen LogP contribution in [0.4, 0.5) is 19.0 Å². The Morgan fingerprint density at radius 1 is 1.14 bits per heavy atom. The van der Waals surface area contributed by atoms with Crippen molar-refractivity contribution in [2.75, 3.05) is 11.9 Å². The number of aromatic nitrogens is 1. The van der Waals surface area contributed by atoms with E-state index in [4.69, 9.17) is 11.6 Å². The molecule has 0 aliphatic heterocycles. The average Bonchev–Trinajstić information content (AvgIpc) is 2.60. The fourth-order valence-electron chi connectivity index (χ4n) is 2.32. The number of carbonyl (C=O) groups excluding carboxylic acids is 2. The van der Waals surface area contributed by atoms with Gasteiger partial charge in [-0.25, -0.2) is 9.78 Å². The number of anilines is 1. The monoisotopic (exact) mass is 415 g/mol. The number of rotatable bonds is 6. The van der Waals surface area contributed by atoms with Gasteiger partial charge in [-0.2, -0.15) is 13.2 Å². The number of nitrogens with one attached hydrogen (secondary N) is 2. The van der Waals surface area contributed by atoms with E-state index >= 15 is 0 Å². The highest BCUT2D eigenvalue weighted by molar-refractivity contribution is 6.33. The molecular formula is C18H17ClF3N3O3. The number of hydrogen-bond donors (Lipinski definition) is 2. The predicted octanol–water partition coefficient (Wildman–Crippen LogP) is 3.71. The fraction of sp³-hybridized carbons (Fsp3) is 0.278. The Labute approximate surface area is 164 Å². The van der Waals surface area contributed by atoms with Gasteiger partial charge in [0, 0.05) is 5.69 Å². The van der Waals surface area contributed by atoms with Crippen LogP contribution in [0.15, 0.2) is 42.5 Å². The first-order chi connectivity index (χ1) is 13.1. The van der Waals surface area contributed by atoms with Gasteiger partial charge in [-0.1, -0.05) is 29.8 Å². The highest BCUT2D eigenvalue weighted by Crippen LogP contribution is 2.33. The number of esters is 1. The number of hydrogen-bond acceptors (Lipinski definition) is 5. The molecule has 1 aromatic carbocycles. The van der Waals surface area contributed by atoms with E-state index in [-0.39, 0.29) is 23.0 Å². The van der Waals surface area contributed by atoms with Gasteiger partial charge in [0.25, 0.3) is 5.91 Å². The molecule has 150 valence electrons. The van der Waals surface area contributed by atoms with E-state index < -0.39 is 23.7 Å². The molecule has 2 rings (SSSR count). The number of alkyl halides is 3. The number of carbonyl (C=O) groups is 2. The van der Waals surface area contributed by atoms with E-state index in [9.17, 15) is 22.8 Å². The summed E-state index contributed by atoms with van der Waals surface area (Å²) in [5, 5.41) is 3.62. The minimum Gasteiger partial charge on any atom is -0.463 e. The quantitative estimate of drug-likeness (QED) is 0.555. The van der Waals surface area contributed by atoms with Gasteiger partial charge < -0.3 is 15.4 Å². The number of benzene rings is 1. The second kappa shape index (κ2) is 8.47. The van der Waals surface area contributed by atoms with Crippen LogP contribution in [0.25, 0.3) is 0 Å². The summed E-state index contributed by atoms with van der Waals surface area (Å²) in [5.41, 5.74) is -3.40. The van der Waals surface area contributed by atoms with Crippen molar-refractivity contribution in [3.8, 4) is 0 Å². The van der Waals surface area contributed by atoms with E-state index in [1.165, 1.54) is 43.3 Å². The van der Waals surface area contributed by atoms with Crippen LogP contribution in [0.3, 0.4) is 0 Å². The molecular weight excluding hydrogens is 399 g/mol. The molecule has 2 N–H and O–H groups in total. The van der Waals surface area contributed by atoms with Crippen LogP contribution in [0, 0.1) is 6.92 Å². The lowest BCUT2D eigenvalue weighted by molar-refractivity contribution is -0.204. The summed E-state index contributed by atoms with van der Waals surface area (Å²) in [7, 11) is 0. The fourth-order valence-corrected chi connectivity index (χ4v) is 2.54. The molecule has 1 unspecified atom stereocenters. The van der Waals surface area contributed by atoms with E-state index in [0.29, 0.717) is 5.69 Å². The maximum Gasteiger partial charge on any atom is 0.441 e. The molecule has 1 atom stereocenters. The van der Waals surface area contributed by atoms with Crippen molar-refractivity contribution in [1.82, 2.24) is 10.3 Å². The zero-order chi connectivity index (χ0) is 20.9. The summed E-state index contributed by atoms with van der Waals surface area (Å²) in [6, 6.07) is 9.75. The third kappa shape index (κ3) is 4.53. The van der Waals surface area contributed by atoms with Crippen LogP contribution >= 0.6 is 11.6 Å². The minimum atomic E-state index is -5.26. The lowest BCUT2D eigenvalue weighted by Gasteiger charge is -2.35. The first kappa shape index (κ1) is 21.5. The Balaban J connectivity index is 2.54. The van der Waals surface area contributed by atoms with Gasteiger partial charge in [0.1, 0.15) is 5.82 Å². The molecule has 0 bridgehead atoms. The molecule has 0 saturated heterocycles. The summed E-state index contributed by atoms with van der Waals surface area (Å²) in [4.78, 5) is 28.8. The number of aryl methyl sites for hydroxylation is 1. The number of pyridine rings is 1. The van der Waals surface area contributed by atoms with E-state index in [1.807, 2.05) is 5.32 Å². The Hall–Kier alpha value is -2.81. The van der Waals surface area contributed by atoms with Gasteiger partial charge in [-0.05, 0) is 38.1 Å². The van der Waals surface area contributed by atoms with Crippen molar-refractivity contribution < 1.29 is 27.5 Å². The van der Waals surface area contributed by atoms with E-state index in [2.05, 4.69) is 9.72 Å². The number of ether oxygens (including phenoxy) is 1. The van der Waals surface area contributed by atoms with Crippen LogP contribution < -0.4 is 10.6 Å². The first-order valence-corrected chi connectivity index (χ1v) is 8.51. The molecule has 28 heavy (non-hydrogen) atoms. The van der Waals surface area contributed by atoms with Crippen LogP contribution in [0.5, 0.6) is 0 Å². The smallest absolute Gasteiger partial charge is 0.441 e. The van der Waals surface area contributed by atoms with Crippen molar-refractivity contribution >= 4 is 29.3 Å². The summed E-state index contributed by atoms with van der Waals surface area (Å²) < 4.78 is 46.8. The van der Waals surface area contributed by atoms with Crippen molar-refractivity contribution in [2.24, 2.45) is 0 Å². The molecule has 10 heteroatoms. The summed E-state index contributed by atoms with van der Waals surface area (Å²) in [6.07, 6.45) is -5.26. The number of amides is 1. The van der Waals surface area contributed by atoms with Gasteiger partial charge >= 0.3 is 17.8 Å². The molecule has 1 aromatic heterocycles. The van der Waals surface area contributed by atoms with Crippen LogP contribution in [0.2, 0.25) is 5.02 Å². The Kier molecular flexibility index (Phi) is 6.50. The van der Waals surface area contributed by atoms with Gasteiger partial charge in [0.05, 0.1) is 17.2 Å².